The van der Waals surface area contributed by atoms with Gasteiger partial charge in [-0.15, -0.1) is 0 Å². The molecule has 0 aliphatic heterocycles. The third-order valence-electron chi connectivity index (χ3n) is 6.57. The van der Waals surface area contributed by atoms with Gasteiger partial charge in [-0.05, 0) is 56.0 Å². The van der Waals surface area contributed by atoms with E-state index in [9.17, 15) is 9.59 Å². The predicted molar refractivity (Wildman–Crippen MR) is 134 cm³/mol. The van der Waals surface area contributed by atoms with Crippen LogP contribution in [0.4, 0.5) is 5.69 Å². The van der Waals surface area contributed by atoms with Crippen molar-refractivity contribution in [2.75, 3.05) is 19.1 Å². The molecule has 1 heterocycles. The van der Waals surface area contributed by atoms with Crippen molar-refractivity contribution in [2.45, 2.75) is 51.6 Å². The molecule has 1 aromatic heterocycles. The average molecular weight is 477 g/mol. The first-order valence-electron chi connectivity index (χ1n) is 11.9. The van der Waals surface area contributed by atoms with Gasteiger partial charge in [0.25, 0.3) is 5.91 Å². The number of amides is 2. The van der Waals surface area contributed by atoms with E-state index in [-0.39, 0.29) is 17.7 Å². The van der Waals surface area contributed by atoms with Gasteiger partial charge in [0.1, 0.15) is 6.04 Å². The van der Waals surface area contributed by atoms with Crippen molar-refractivity contribution >= 4 is 17.5 Å². The highest BCUT2D eigenvalue weighted by Gasteiger charge is 2.39. The van der Waals surface area contributed by atoms with Crippen LogP contribution in [0.2, 0.25) is 0 Å². The van der Waals surface area contributed by atoms with E-state index in [4.69, 9.17) is 13.9 Å². The molecule has 1 N–H and O–H groups in total. The Kier molecular flexibility index (Phi) is 7.44. The molecule has 35 heavy (non-hydrogen) atoms. The summed E-state index contributed by atoms with van der Waals surface area (Å²) in [5.41, 5.74) is 2.92. The Labute approximate surface area is 206 Å². The minimum absolute atomic E-state index is 0.0696. The van der Waals surface area contributed by atoms with Crippen molar-refractivity contribution in [3.8, 4) is 11.5 Å². The number of para-hydroxylation sites is 2. The first-order valence-corrected chi connectivity index (χ1v) is 11.9. The number of carbonyl (C=O) groups excluding carboxylic acids is 2. The van der Waals surface area contributed by atoms with E-state index in [0.717, 1.165) is 36.8 Å². The molecular formula is C28H32N2O5. The second kappa shape index (κ2) is 10.7. The standard InChI is InChI=1S/C28H32N2O5/c1-18-10-7-11-19(2)24(18)30(28(32)23-16-9-17-35-23)25(27(31)29-20-12-5-6-13-20)21-14-8-15-22(33-3)26(21)34-4/h7-11,14-17,20,25H,5-6,12-13H2,1-4H3,(H,29,31)/t25-/m1/s1. The third kappa shape index (κ3) is 4.90. The van der Waals surface area contributed by atoms with Gasteiger partial charge in [0, 0.05) is 11.6 Å². The lowest BCUT2D eigenvalue weighted by Crippen LogP contribution is -2.47. The SMILES string of the molecule is COc1cccc([C@H](C(=O)NC2CCCC2)N(C(=O)c2ccco2)c2c(C)cccc2C)c1OC. The molecule has 0 unspecified atom stereocenters. The predicted octanol–water partition coefficient (Wildman–Crippen LogP) is 5.36. The maximum absolute atomic E-state index is 14.0. The van der Waals surface area contributed by atoms with Crippen molar-refractivity contribution in [3.63, 3.8) is 0 Å². The lowest BCUT2D eigenvalue weighted by atomic mass is 9.98. The summed E-state index contributed by atoms with van der Waals surface area (Å²) >= 11 is 0. The number of rotatable bonds is 8. The molecule has 7 nitrogen and oxygen atoms in total. The first-order chi connectivity index (χ1) is 17.0. The summed E-state index contributed by atoms with van der Waals surface area (Å²) < 4.78 is 16.7. The van der Waals surface area contributed by atoms with Crippen LogP contribution in [0.5, 0.6) is 11.5 Å². The van der Waals surface area contributed by atoms with Crippen LogP contribution >= 0.6 is 0 Å². The summed E-state index contributed by atoms with van der Waals surface area (Å²) in [6.07, 6.45) is 5.44. The number of benzene rings is 2. The Hall–Kier alpha value is -3.74. The van der Waals surface area contributed by atoms with Crippen LogP contribution in [-0.2, 0) is 4.79 Å². The number of nitrogens with one attached hydrogen (secondary N) is 1. The number of carbonyl (C=O) groups is 2. The van der Waals surface area contributed by atoms with E-state index < -0.39 is 11.9 Å². The molecule has 1 aliphatic carbocycles. The van der Waals surface area contributed by atoms with Crippen molar-refractivity contribution in [1.29, 1.82) is 0 Å². The number of hydrogen-bond donors (Lipinski definition) is 1. The number of ether oxygens (including phenoxy) is 2. The zero-order chi connectivity index (χ0) is 24.9. The normalized spacial score (nSPS) is 14.4. The molecule has 7 heteroatoms. The minimum atomic E-state index is -1.02. The Bertz CT molecular complexity index is 1160. The van der Waals surface area contributed by atoms with Crippen LogP contribution < -0.4 is 19.7 Å². The van der Waals surface area contributed by atoms with E-state index in [2.05, 4.69) is 5.32 Å². The molecule has 0 saturated heterocycles. The number of methoxy groups -OCH3 is 2. The van der Waals surface area contributed by atoms with Gasteiger partial charge in [-0.1, -0.05) is 43.2 Å². The molecule has 4 rings (SSSR count). The highest BCUT2D eigenvalue weighted by atomic mass is 16.5. The number of furan rings is 1. The zero-order valence-corrected chi connectivity index (χ0v) is 20.7. The fourth-order valence-corrected chi connectivity index (χ4v) is 4.93. The Morgan fingerprint density at radius 3 is 2.26 bits per heavy atom. The van der Waals surface area contributed by atoms with Gasteiger partial charge >= 0.3 is 0 Å². The number of anilines is 1. The van der Waals surface area contributed by atoms with Crippen LogP contribution in [0, 0.1) is 13.8 Å². The van der Waals surface area contributed by atoms with Crippen LogP contribution in [0.15, 0.2) is 59.2 Å². The van der Waals surface area contributed by atoms with Gasteiger partial charge in [0.15, 0.2) is 17.3 Å². The fraction of sp³-hybridized carbons (Fsp3) is 0.357. The van der Waals surface area contributed by atoms with Crippen LogP contribution in [0.1, 0.15) is 59.0 Å². The summed E-state index contributed by atoms with van der Waals surface area (Å²) in [4.78, 5) is 29.6. The van der Waals surface area contributed by atoms with Crippen molar-refractivity contribution < 1.29 is 23.5 Å². The van der Waals surface area contributed by atoms with Gasteiger partial charge < -0.3 is 19.2 Å². The maximum Gasteiger partial charge on any atom is 0.294 e. The van der Waals surface area contributed by atoms with Crippen molar-refractivity contribution in [2.24, 2.45) is 0 Å². The molecule has 0 bridgehead atoms. The lowest BCUT2D eigenvalue weighted by Gasteiger charge is -2.34. The van der Waals surface area contributed by atoms with Gasteiger partial charge in [0.05, 0.1) is 26.2 Å². The Morgan fingerprint density at radius 2 is 1.66 bits per heavy atom. The second-order valence-corrected chi connectivity index (χ2v) is 8.87. The smallest absolute Gasteiger partial charge is 0.294 e. The van der Waals surface area contributed by atoms with Crippen LogP contribution in [0.25, 0.3) is 0 Å². The highest BCUT2D eigenvalue weighted by Crippen LogP contribution is 2.41. The molecule has 1 atom stereocenters. The summed E-state index contributed by atoms with van der Waals surface area (Å²) in [6, 6.07) is 13.5. The van der Waals surface area contributed by atoms with Gasteiger partial charge in [0.2, 0.25) is 5.91 Å². The number of aryl methyl sites for hydroxylation is 2. The van der Waals surface area contributed by atoms with Crippen LogP contribution in [-0.4, -0.2) is 32.1 Å². The molecule has 0 radical (unpaired) electrons. The van der Waals surface area contributed by atoms with E-state index in [0.29, 0.717) is 22.7 Å². The summed E-state index contributed by atoms with van der Waals surface area (Å²) in [7, 11) is 3.08. The fourth-order valence-electron chi connectivity index (χ4n) is 4.93. The monoisotopic (exact) mass is 476 g/mol. The first kappa shape index (κ1) is 24.4. The van der Waals surface area contributed by atoms with Gasteiger partial charge in [-0.3, -0.25) is 14.5 Å². The molecule has 0 spiro atoms. The van der Waals surface area contributed by atoms with E-state index in [1.54, 1.807) is 37.4 Å². The van der Waals surface area contributed by atoms with Crippen molar-refractivity contribution in [1.82, 2.24) is 5.32 Å². The lowest BCUT2D eigenvalue weighted by molar-refractivity contribution is -0.123. The second-order valence-electron chi connectivity index (χ2n) is 8.87. The molecule has 184 valence electrons. The Morgan fingerprint density at radius 1 is 0.971 bits per heavy atom. The summed E-state index contributed by atoms with van der Waals surface area (Å²) in [5.74, 6) is 0.351. The molecule has 2 aromatic carbocycles. The maximum atomic E-state index is 14.0. The van der Waals surface area contributed by atoms with Crippen molar-refractivity contribution in [3.05, 3.63) is 77.2 Å². The highest BCUT2D eigenvalue weighted by molar-refractivity contribution is 6.09. The molecule has 1 saturated carbocycles. The van der Waals surface area contributed by atoms with Gasteiger partial charge in [-0.2, -0.15) is 0 Å². The summed E-state index contributed by atoms with van der Waals surface area (Å²) in [5, 5.41) is 3.20. The van der Waals surface area contributed by atoms with E-state index in [1.807, 2.05) is 32.0 Å². The minimum Gasteiger partial charge on any atom is -0.493 e. The quantitative estimate of drug-likeness (QED) is 0.473. The molecule has 2 amide bonds. The number of nitrogens with zero attached hydrogens (tertiary/aromatic N) is 1. The molecule has 1 fully saturated rings. The molecular weight excluding hydrogens is 444 g/mol. The molecule has 1 aliphatic rings. The third-order valence-corrected chi connectivity index (χ3v) is 6.57. The topological polar surface area (TPSA) is 81.0 Å². The van der Waals surface area contributed by atoms with E-state index >= 15 is 0 Å². The largest absolute Gasteiger partial charge is 0.493 e. The Balaban J connectivity index is 1.94. The van der Waals surface area contributed by atoms with Crippen LogP contribution in [0.3, 0.4) is 0 Å². The zero-order valence-electron chi connectivity index (χ0n) is 20.7. The number of hydrogen-bond acceptors (Lipinski definition) is 5. The van der Waals surface area contributed by atoms with Gasteiger partial charge in [-0.25, -0.2) is 0 Å². The van der Waals surface area contributed by atoms with E-state index in [1.165, 1.54) is 18.3 Å². The average Bonchev–Trinajstić information content (AvgIpc) is 3.57. The summed E-state index contributed by atoms with van der Waals surface area (Å²) in [6.45, 7) is 3.86. The molecule has 3 aromatic rings.